The molecule has 0 saturated heterocycles. The minimum absolute atomic E-state index is 0.196. The average molecular weight is 310 g/mol. The summed E-state index contributed by atoms with van der Waals surface area (Å²) in [5, 5.41) is 10.2. The maximum absolute atomic E-state index is 10.2. The number of nitrogen functional groups attached to an aromatic ring is 1. The Labute approximate surface area is 138 Å². The zero-order chi connectivity index (χ0) is 17.1. The summed E-state index contributed by atoms with van der Waals surface area (Å²) in [7, 11) is 0. The summed E-state index contributed by atoms with van der Waals surface area (Å²) < 4.78 is 0. The lowest BCUT2D eigenvalue weighted by Crippen LogP contribution is -1.98. The Morgan fingerprint density at radius 1 is 1.00 bits per heavy atom. The van der Waals surface area contributed by atoms with Crippen LogP contribution in [0.3, 0.4) is 0 Å². The lowest BCUT2D eigenvalue weighted by Gasteiger charge is -2.16. The van der Waals surface area contributed by atoms with Crippen molar-refractivity contribution in [3.63, 3.8) is 0 Å². The van der Waals surface area contributed by atoms with E-state index in [1.165, 1.54) is 11.1 Å². The zero-order valence-corrected chi connectivity index (χ0v) is 14.6. The Bertz CT molecular complexity index is 704. The molecular formula is C20H26N2O. The molecule has 0 bridgehead atoms. The average Bonchev–Trinajstić information content (AvgIpc) is 2.50. The molecule has 2 aromatic carbocycles. The first-order valence-corrected chi connectivity index (χ1v) is 8.07. The molecule has 122 valence electrons. The highest BCUT2D eigenvalue weighted by Crippen LogP contribution is 2.35. The highest BCUT2D eigenvalue weighted by molar-refractivity contribution is 5.92. The standard InChI is InChI=1S/C20H26N2O/c1-12(2)15-7-6-8-16(13(3)4)19(15)22-11-17-18(21)10-9-14(5)20(17)23/h6-13,23H,21H2,1-5H3. The van der Waals surface area contributed by atoms with Gasteiger partial charge in [0.15, 0.2) is 0 Å². The molecule has 2 rings (SSSR count). The van der Waals surface area contributed by atoms with Crippen molar-refractivity contribution in [2.75, 3.05) is 5.73 Å². The van der Waals surface area contributed by atoms with Crippen LogP contribution >= 0.6 is 0 Å². The molecule has 3 N–H and O–H groups in total. The van der Waals surface area contributed by atoms with Gasteiger partial charge in [0, 0.05) is 11.9 Å². The van der Waals surface area contributed by atoms with E-state index >= 15 is 0 Å². The van der Waals surface area contributed by atoms with E-state index < -0.39 is 0 Å². The predicted octanol–water partition coefficient (Wildman–Crippen LogP) is 5.28. The van der Waals surface area contributed by atoms with Gasteiger partial charge in [-0.25, -0.2) is 0 Å². The summed E-state index contributed by atoms with van der Waals surface area (Å²) in [6, 6.07) is 9.92. The van der Waals surface area contributed by atoms with Gasteiger partial charge in [-0.2, -0.15) is 0 Å². The van der Waals surface area contributed by atoms with E-state index in [4.69, 9.17) is 10.7 Å². The molecular weight excluding hydrogens is 284 g/mol. The lowest BCUT2D eigenvalue weighted by molar-refractivity contribution is 0.470. The van der Waals surface area contributed by atoms with Crippen LogP contribution < -0.4 is 5.73 Å². The Morgan fingerprint density at radius 3 is 2.09 bits per heavy atom. The van der Waals surface area contributed by atoms with E-state index in [1.807, 2.05) is 13.0 Å². The van der Waals surface area contributed by atoms with Crippen LogP contribution in [-0.2, 0) is 0 Å². The first kappa shape index (κ1) is 17.1. The number of nitrogens with two attached hydrogens (primary N) is 1. The molecule has 0 aliphatic heterocycles. The lowest BCUT2D eigenvalue weighted by atomic mass is 9.93. The second-order valence-electron chi connectivity index (χ2n) is 6.59. The van der Waals surface area contributed by atoms with Gasteiger partial charge in [0.2, 0.25) is 0 Å². The Morgan fingerprint density at radius 2 is 1.57 bits per heavy atom. The number of phenolic OH excluding ortho intramolecular Hbond substituents is 1. The normalized spacial score (nSPS) is 11.8. The van der Waals surface area contributed by atoms with Gasteiger partial charge in [0.1, 0.15) is 5.75 Å². The number of anilines is 1. The third kappa shape index (κ3) is 3.55. The van der Waals surface area contributed by atoms with Crippen molar-refractivity contribution in [3.8, 4) is 5.75 Å². The first-order chi connectivity index (χ1) is 10.8. The first-order valence-electron chi connectivity index (χ1n) is 8.07. The smallest absolute Gasteiger partial charge is 0.129 e. The van der Waals surface area contributed by atoms with E-state index in [-0.39, 0.29) is 5.75 Å². The van der Waals surface area contributed by atoms with Crippen molar-refractivity contribution < 1.29 is 5.11 Å². The third-order valence-electron chi connectivity index (χ3n) is 4.12. The number of aryl methyl sites for hydroxylation is 1. The summed E-state index contributed by atoms with van der Waals surface area (Å²) in [5.41, 5.74) is 11.3. The van der Waals surface area contributed by atoms with Gasteiger partial charge < -0.3 is 10.8 Å². The molecule has 3 heteroatoms. The number of rotatable bonds is 4. The molecule has 0 atom stereocenters. The van der Waals surface area contributed by atoms with Crippen LogP contribution in [0, 0.1) is 6.92 Å². The Balaban J connectivity index is 2.58. The van der Waals surface area contributed by atoms with Crippen molar-refractivity contribution >= 4 is 17.6 Å². The summed E-state index contributed by atoms with van der Waals surface area (Å²) in [6.07, 6.45) is 1.69. The second kappa shape index (κ2) is 6.86. The van der Waals surface area contributed by atoms with Crippen LogP contribution in [0.25, 0.3) is 0 Å². The number of aromatic hydroxyl groups is 1. The van der Waals surface area contributed by atoms with E-state index in [0.29, 0.717) is 23.1 Å². The van der Waals surface area contributed by atoms with E-state index in [2.05, 4.69) is 45.9 Å². The van der Waals surface area contributed by atoms with Crippen LogP contribution in [0.2, 0.25) is 0 Å². The van der Waals surface area contributed by atoms with Gasteiger partial charge in [0.25, 0.3) is 0 Å². The molecule has 0 heterocycles. The van der Waals surface area contributed by atoms with Gasteiger partial charge >= 0.3 is 0 Å². The van der Waals surface area contributed by atoms with Gasteiger partial charge in [-0.15, -0.1) is 0 Å². The summed E-state index contributed by atoms with van der Waals surface area (Å²) >= 11 is 0. The molecule has 0 radical (unpaired) electrons. The minimum atomic E-state index is 0.196. The highest BCUT2D eigenvalue weighted by Gasteiger charge is 2.13. The number of benzene rings is 2. The highest BCUT2D eigenvalue weighted by atomic mass is 16.3. The van der Waals surface area contributed by atoms with Crippen LogP contribution in [0.4, 0.5) is 11.4 Å². The van der Waals surface area contributed by atoms with Crippen LogP contribution in [-0.4, -0.2) is 11.3 Å². The number of nitrogens with zero attached hydrogens (tertiary/aromatic N) is 1. The fourth-order valence-electron chi connectivity index (χ4n) is 2.66. The molecule has 0 aromatic heterocycles. The molecule has 0 aliphatic carbocycles. The molecule has 0 unspecified atom stereocenters. The molecule has 3 nitrogen and oxygen atoms in total. The Kier molecular flexibility index (Phi) is 5.09. The second-order valence-corrected chi connectivity index (χ2v) is 6.59. The topological polar surface area (TPSA) is 58.6 Å². The SMILES string of the molecule is Cc1ccc(N)c(C=Nc2c(C(C)C)cccc2C(C)C)c1O. The van der Waals surface area contributed by atoms with E-state index in [0.717, 1.165) is 11.3 Å². The third-order valence-corrected chi connectivity index (χ3v) is 4.12. The number of phenols is 1. The number of para-hydroxylation sites is 1. The van der Waals surface area contributed by atoms with E-state index in [1.54, 1.807) is 12.3 Å². The van der Waals surface area contributed by atoms with Gasteiger partial charge in [-0.1, -0.05) is 52.0 Å². The maximum Gasteiger partial charge on any atom is 0.129 e. The van der Waals surface area contributed by atoms with Crippen molar-refractivity contribution in [1.82, 2.24) is 0 Å². The Hall–Kier alpha value is -2.29. The van der Waals surface area contributed by atoms with Crippen LogP contribution in [0.5, 0.6) is 5.75 Å². The number of aliphatic imine (C=N–C) groups is 1. The summed E-state index contributed by atoms with van der Waals surface area (Å²) in [5.74, 6) is 0.954. The van der Waals surface area contributed by atoms with Crippen LogP contribution in [0.15, 0.2) is 35.3 Å². The quantitative estimate of drug-likeness (QED) is 0.596. The largest absolute Gasteiger partial charge is 0.507 e. The molecule has 0 spiro atoms. The van der Waals surface area contributed by atoms with Gasteiger partial charge in [0.05, 0.1) is 11.3 Å². The van der Waals surface area contributed by atoms with Gasteiger partial charge in [-0.05, 0) is 41.5 Å². The number of hydrogen-bond donors (Lipinski definition) is 2. The van der Waals surface area contributed by atoms with Gasteiger partial charge in [-0.3, -0.25) is 4.99 Å². The molecule has 0 saturated carbocycles. The monoisotopic (exact) mass is 310 g/mol. The molecule has 23 heavy (non-hydrogen) atoms. The van der Waals surface area contributed by atoms with Crippen molar-refractivity contribution in [3.05, 3.63) is 52.6 Å². The molecule has 0 fully saturated rings. The van der Waals surface area contributed by atoms with Crippen molar-refractivity contribution in [2.45, 2.75) is 46.5 Å². The summed E-state index contributed by atoms with van der Waals surface area (Å²) in [6.45, 7) is 10.5. The minimum Gasteiger partial charge on any atom is -0.507 e. The van der Waals surface area contributed by atoms with E-state index in [9.17, 15) is 5.11 Å². The van der Waals surface area contributed by atoms with Crippen molar-refractivity contribution in [1.29, 1.82) is 0 Å². The molecule has 0 amide bonds. The molecule has 2 aromatic rings. The zero-order valence-electron chi connectivity index (χ0n) is 14.6. The van der Waals surface area contributed by atoms with Crippen molar-refractivity contribution in [2.24, 2.45) is 4.99 Å². The predicted molar refractivity (Wildman–Crippen MR) is 99.1 cm³/mol. The fourth-order valence-corrected chi connectivity index (χ4v) is 2.66. The van der Waals surface area contributed by atoms with Crippen LogP contribution in [0.1, 0.15) is 61.8 Å². The molecule has 0 aliphatic rings. The summed E-state index contributed by atoms with van der Waals surface area (Å²) in [4.78, 5) is 4.72. The maximum atomic E-state index is 10.2. The number of hydrogen-bond acceptors (Lipinski definition) is 3. The fraction of sp³-hybridized carbons (Fsp3) is 0.350.